The monoisotopic (exact) mass is 241 g/mol. The highest BCUT2D eigenvalue weighted by molar-refractivity contribution is 7.99. The van der Waals surface area contributed by atoms with Crippen LogP contribution in [0.25, 0.3) is 0 Å². The molecule has 16 heavy (non-hydrogen) atoms. The predicted molar refractivity (Wildman–Crippen MR) is 70.6 cm³/mol. The highest BCUT2D eigenvalue weighted by atomic mass is 32.2. The van der Waals surface area contributed by atoms with E-state index >= 15 is 0 Å². The maximum atomic E-state index is 13.2. The Morgan fingerprint density at radius 1 is 1.25 bits per heavy atom. The lowest BCUT2D eigenvalue weighted by molar-refractivity contribution is 0.597. The summed E-state index contributed by atoms with van der Waals surface area (Å²) in [6.07, 6.45) is 1.96. The molecule has 0 atom stereocenters. The quantitative estimate of drug-likeness (QED) is 0.702. The minimum atomic E-state index is -0.0918. The molecule has 0 amide bonds. The first-order chi connectivity index (χ1) is 7.84. The van der Waals surface area contributed by atoms with Crippen molar-refractivity contribution in [3.63, 3.8) is 0 Å². The molecule has 0 saturated carbocycles. The standard InChI is InChI=1S/C13H20FNS/c1-2-16-11-5-9-15-10-8-12-6-3-4-7-13(12)14/h3-4,6-7,15H,2,5,8-11H2,1H3. The second-order valence-electron chi connectivity index (χ2n) is 3.64. The van der Waals surface area contributed by atoms with Crippen molar-refractivity contribution in [1.29, 1.82) is 0 Å². The van der Waals surface area contributed by atoms with Gasteiger partial charge in [-0.1, -0.05) is 25.1 Å². The van der Waals surface area contributed by atoms with Crippen LogP contribution >= 0.6 is 11.8 Å². The minimum absolute atomic E-state index is 0.0918. The first-order valence-electron chi connectivity index (χ1n) is 5.86. The van der Waals surface area contributed by atoms with Gasteiger partial charge in [-0.05, 0) is 49.1 Å². The summed E-state index contributed by atoms with van der Waals surface area (Å²) >= 11 is 1.96. The number of benzene rings is 1. The Labute approximate surface area is 102 Å². The van der Waals surface area contributed by atoms with Crippen LogP contribution in [0.5, 0.6) is 0 Å². The van der Waals surface area contributed by atoms with Crippen molar-refractivity contribution in [2.24, 2.45) is 0 Å². The second kappa shape index (κ2) is 8.59. The molecule has 0 spiro atoms. The van der Waals surface area contributed by atoms with E-state index in [0.717, 1.165) is 25.1 Å². The van der Waals surface area contributed by atoms with Gasteiger partial charge >= 0.3 is 0 Å². The van der Waals surface area contributed by atoms with E-state index < -0.39 is 0 Å². The summed E-state index contributed by atoms with van der Waals surface area (Å²) < 4.78 is 13.2. The van der Waals surface area contributed by atoms with Crippen molar-refractivity contribution >= 4 is 11.8 Å². The molecule has 0 unspecified atom stereocenters. The molecule has 0 aromatic heterocycles. The van der Waals surface area contributed by atoms with Crippen LogP contribution in [0.1, 0.15) is 18.9 Å². The lowest BCUT2D eigenvalue weighted by Gasteiger charge is -2.05. The molecule has 3 heteroatoms. The van der Waals surface area contributed by atoms with E-state index in [1.165, 1.54) is 24.0 Å². The van der Waals surface area contributed by atoms with Crippen LogP contribution in [-0.4, -0.2) is 24.6 Å². The molecule has 0 heterocycles. The summed E-state index contributed by atoms with van der Waals surface area (Å²) in [5.74, 6) is 2.31. The zero-order valence-electron chi connectivity index (χ0n) is 9.84. The van der Waals surface area contributed by atoms with Crippen LogP contribution in [0.4, 0.5) is 4.39 Å². The zero-order chi connectivity index (χ0) is 11.6. The number of nitrogens with one attached hydrogen (secondary N) is 1. The smallest absolute Gasteiger partial charge is 0.126 e. The Hall–Kier alpha value is -0.540. The highest BCUT2D eigenvalue weighted by Crippen LogP contribution is 2.06. The summed E-state index contributed by atoms with van der Waals surface area (Å²) in [7, 11) is 0. The summed E-state index contributed by atoms with van der Waals surface area (Å²) in [6, 6.07) is 6.99. The molecule has 0 aliphatic heterocycles. The summed E-state index contributed by atoms with van der Waals surface area (Å²) in [5, 5.41) is 3.34. The van der Waals surface area contributed by atoms with Crippen molar-refractivity contribution in [2.45, 2.75) is 19.8 Å². The molecule has 0 fully saturated rings. The van der Waals surface area contributed by atoms with Gasteiger partial charge in [-0.25, -0.2) is 4.39 Å². The van der Waals surface area contributed by atoms with E-state index in [2.05, 4.69) is 12.2 Å². The number of rotatable bonds is 8. The zero-order valence-corrected chi connectivity index (χ0v) is 10.7. The average molecular weight is 241 g/mol. The van der Waals surface area contributed by atoms with E-state index in [0.29, 0.717) is 0 Å². The van der Waals surface area contributed by atoms with Gasteiger partial charge in [-0.15, -0.1) is 0 Å². The van der Waals surface area contributed by atoms with Gasteiger partial charge in [0.15, 0.2) is 0 Å². The summed E-state index contributed by atoms with van der Waals surface area (Å²) in [6.45, 7) is 4.06. The van der Waals surface area contributed by atoms with Crippen molar-refractivity contribution in [1.82, 2.24) is 5.32 Å². The van der Waals surface area contributed by atoms with Gasteiger partial charge in [0.1, 0.15) is 5.82 Å². The summed E-state index contributed by atoms with van der Waals surface area (Å²) in [5.41, 5.74) is 0.804. The Bertz CT molecular complexity index is 291. The molecule has 0 aliphatic carbocycles. The van der Waals surface area contributed by atoms with Crippen LogP contribution in [0.3, 0.4) is 0 Å². The molecule has 1 rings (SSSR count). The molecule has 90 valence electrons. The highest BCUT2D eigenvalue weighted by Gasteiger charge is 1.99. The molecule has 1 N–H and O–H groups in total. The van der Waals surface area contributed by atoms with Gasteiger partial charge in [-0.2, -0.15) is 11.8 Å². The van der Waals surface area contributed by atoms with Gasteiger partial charge in [0.2, 0.25) is 0 Å². The third-order valence-electron chi connectivity index (χ3n) is 2.38. The van der Waals surface area contributed by atoms with Gasteiger partial charge in [0.05, 0.1) is 0 Å². The van der Waals surface area contributed by atoms with E-state index in [1.807, 2.05) is 23.9 Å². The fraction of sp³-hybridized carbons (Fsp3) is 0.538. The normalized spacial score (nSPS) is 10.6. The molecule has 0 bridgehead atoms. The molecular weight excluding hydrogens is 221 g/mol. The Kier molecular flexibility index (Phi) is 7.26. The fourth-order valence-electron chi connectivity index (χ4n) is 1.49. The van der Waals surface area contributed by atoms with Gasteiger partial charge < -0.3 is 5.32 Å². The van der Waals surface area contributed by atoms with Crippen LogP contribution in [-0.2, 0) is 6.42 Å². The molecule has 1 aromatic rings. The number of hydrogen-bond donors (Lipinski definition) is 1. The molecule has 1 aromatic carbocycles. The van der Waals surface area contributed by atoms with Gasteiger partial charge in [-0.3, -0.25) is 0 Å². The van der Waals surface area contributed by atoms with E-state index in [1.54, 1.807) is 6.07 Å². The molecule has 0 aliphatic rings. The number of halogens is 1. The van der Waals surface area contributed by atoms with Crippen LogP contribution in [0.2, 0.25) is 0 Å². The Balaban J connectivity index is 2.05. The molecule has 0 radical (unpaired) electrons. The van der Waals surface area contributed by atoms with Crippen molar-refractivity contribution < 1.29 is 4.39 Å². The molecule has 0 saturated heterocycles. The maximum absolute atomic E-state index is 13.2. The predicted octanol–water partition coefficient (Wildman–Crippen LogP) is 3.10. The van der Waals surface area contributed by atoms with Crippen molar-refractivity contribution in [2.75, 3.05) is 24.6 Å². The third-order valence-corrected chi connectivity index (χ3v) is 3.36. The van der Waals surface area contributed by atoms with Crippen LogP contribution < -0.4 is 5.32 Å². The van der Waals surface area contributed by atoms with Gasteiger partial charge in [0, 0.05) is 0 Å². The fourth-order valence-corrected chi connectivity index (χ4v) is 2.13. The van der Waals surface area contributed by atoms with Crippen molar-refractivity contribution in [3.05, 3.63) is 35.6 Å². The minimum Gasteiger partial charge on any atom is -0.316 e. The van der Waals surface area contributed by atoms with E-state index in [9.17, 15) is 4.39 Å². The lowest BCUT2D eigenvalue weighted by Crippen LogP contribution is -2.19. The first kappa shape index (κ1) is 13.5. The maximum Gasteiger partial charge on any atom is 0.126 e. The summed E-state index contributed by atoms with van der Waals surface area (Å²) in [4.78, 5) is 0. The lowest BCUT2D eigenvalue weighted by atomic mass is 10.1. The van der Waals surface area contributed by atoms with Crippen LogP contribution in [0.15, 0.2) is 24.3 Å². The SMILES string of the molecule is CCSCCCNCCc1ccccc1F. The second-order valence-corrected chi connectivity index (χ2v) is 5.04. The van der Waals surface area contributed by atoms with Gasteiger partial charge in [0.25, 0.3) is 0 Å². The van der Waals surface area contributed by atoms with Crippen LogP contribution in [0, 0.1) is 5.82 Å². The van der Waals surface area contributed by atoms with E-state index in [4.69, 9.17) is 0 Å². The largest absolute Gasteiger partial charge is 0.316 e. The Morgan fingerprint density at radius 2 is 2.06 bits per heavy atom. The number of thioether (sulfide) groups is 1. The van der Waals surface area contributed by atoms with Crippen molar-refractivity contribution in [3.8, 4) is 0 Å². The topological polar surface area (TPSA) is 12.0 Å². The first-order valence-corrected chi connectivity index (χ1v) is 7.02. The molecular formula is C13H20FNS. The molecule has 1 nitrogen and oxygen atoms in total. The number of hydrogen-bond acceptors (Lipinski definition) is 2. The third kappa shape index (κ3) is 5.52. The Morgan fingerprint density at radius 3 is 2.81 bits per heavy atom. The average Bonchev–Trinajstić information content (AvgIpc) is 2.30. The van der Waals surface area contributed by atoms with E-state index in [-0.39, 0.29) is 5.82 Å².